The summed E-state index contributed by atoms with van der Waals surface area (Å²) in [5.74, 6) is -1.40. The van der Waals surface area contributed by atoms with Crippen molar-refractivity contribution in [3.8, 4) is 0 Å². The molecular formula is C22H26N4O4. The molecule has 3 aliphatic heterocycles. The number of amides is 4. The van der Waals surface area contributed by atoms with Crippen LogP contribution in [0.5, 0.6) is 0 Å². The number of rotatable bonds is 3. The van der Waals surface area contributed by atoms with E-state index in [1.807, 2.05) is 6.07 Å². The maximum absolute atomic E-state index is 13.2. The van der Waals surface area contributed by atoms with E-state index in [0.29, 0.717) is 23.6 Å². The average molecular weight is 410 g/mol. The molecule has 3 atom stereocenters. The Bertz CT molecular complexity index is 960. The fourth-order valence-electron chi connectivity index (χ4n) is 5.69. The molecule has 0 bridgehead atoms. The van der Waals surface area contributed by atoms with Crippen molar-refractivity contribution in [1.82, 2.24) is 15.1 Å². The van der Waals surface area contributed by atoms with E-state index in [4.69, 9.17) is 5.73 Å². The van der Waals surface area contributed by atoms with Crippen molar-refractivity contribution in [2.45, 2.75) is 56.7 Å². The molecule has 3 N–H and O–H groups in total. The van der Waals surface area contributed by atoms with Gasteiger partial charge < -0.3 is 5.73 Å². The number of benzene rings is 1. The third-order valence-corrected chi connectivity index (χ3v) is 7.20. The zero-order valence-corrected chi connectivity index (χ0v) is 16.9. The summed E-state index contributed by atoms with van der Waals surface area (Å²) in [5, 5.41) is 2.23. The summed E-state index contributed by atoms with van der Waals surface area (Å²) in [6.07, 6.45) is 4.82. The lowest BCUT2D eigenvalue weighted by Crippen LogP contribution is -2.54. The lowest BCUT2D eigenvalue weighted by Gasteiger charge is -2.34. The molecule has 1 saturated carbocycles. The van der Waals surface area contributed by atoms with Crippen LogP contribution in [0, 0.1) is 5.92 Å². The topological polar surface area (TPSA) is 113 Å². The molecule has 3 fully saturated rings. The van der Waals surface area contributed by atoms with Gasteiger partial charge in [0, 0.05) is 31.6 Å². The Morgan fingerprint density at radius 3 is 2.70 bits per heavy atom. The number of hydrogen-bond donors (Lipinski definition) is 2. The van der Waals surface area contributed by atoms with Gasteiger partial charge in [0.2, 0.25) is 11.8 Å². The Labute approximate surface area is 174 Å². The van der Waals surface area contributed by atoms with Gasteiger partial charge >= 0.3 is 0 Å². The first-order valence-electron chi connectivity index (χ1n) is 10.7. The summed E-state index contributed by atoms with van der Waals surface area (Å²) in [4.78, 5) is 53.3. The van der Waals surface area contributed by atoms with Crippen LogP contribution in [-0.2, 0) is 16.1 Å². The van der Waals surface area contributed by atoms with Gasteiger partial charge in [-0.1, -0.05) is 25.0 Å². The third kappa shape index (κ3) is 2.97. The minimum Gasteiger partial charge on any atom is -0.324 e. The van der Waals surface area contributed by atoms with Crippen LogP contribution in [0.2, 0.25) is 0 Å². The number of nitrogens with one attached hydrogen (secondary N) is 1. The fourth-order valence-corrected chi connectivity index (χ4v) is 5.69. The van der Waals surface area contributed by atoms with E-state index in [1.54, 1.807) is 12.1 Å². The van der Waals surface area contributed by atoms with Crippen LogP contribution in [0.15, 0.2) is 18.2 Å². The average Bonchev–Trinajstić information content (AvgIpc) is 3.16. The molecular weight excluding hydrogens is 384 g/mol. The van der Waals surface area contributed by atoms with Gasteiger partial charge in [0.1, 0.15) is 6.04 Å². The van der Waals surface area contributed by atoms with Crippen LogP contribution in [0.25, 0.3) is 0 Å². The van der Waals surface area contributed by atoms with Gasteiger partial charge in [0.05, 0.1) is 11.1 Å². The first kappa shape index (κ1) is 19.4. The molecule has 0 spiro atoms. The van der Waals surface area contributed by atoms with Crippen molar-refractivity contribution >= 4 is 23.6 Å². The van der Waals surface area contributed by atoms with Gasteiger partial charge in [-0.15, -0.1) is 0 Å². The van der Waals surface area contributed by atoms with E-state index in [9.17, 15) is 19.2 Å². The molecule has 3 heterocycles. The number of piperidine rings is 1. The summed E-state index contributed by atoms with van der Waals surface area (Å²) >= 11 is 0. The monoisotopic (exact) mass is 410 g/mol. The molecule has 5 rings (SSSR count). The highest BCUT2D eigenvalue weighted by Gasteiger charge is 2.47. The highest BCUT2D eigenvalue weighted by Crippen LogP contribution is 2.39. The second-order valence-corrected chi connectivity index (χ2v) is 9.13. The van der Waals surface area contributed by atoms with Gasteiger partial charge in [-0.25, -0.2) is 0 Å². The summed E-state index contributed by atoms with van der Waals surface area (Å²) in [6.45, 7) is 2.25. The molecule has 1 unspecified atom stereocenters. The lowest BCUT2D eigenvalue weighted by atomic mass is 9.76. The largest absolute Gasteiger partial charge is 0.324 e. The molecule has 30 heavy (non-hydrogen) atoms. The van der Waals surface area contributed by atoms with Crippen LogP contribution in [0.3, 0.4) is 0 Å². The minimum absolute atomic E-state index is 0.115. The molecule has 0 radical (unpaired) electrons. The number of fused-ring (bicyclic) bond motifs is 2. The summed E-state index contributed by atoms with van der Waals surface area (Å²) < 4.78 is 0. The summed E-state index contributed by atoms with van der Waals surface area (Å²) in [7, 11) is 0. The SMILES string of the molecule is N[C@@]12CCCC[C@@H]1CN(Cc1cccc3c1C(=O)N(C1CCC(=O)NC1=O)C3=O)C2. The second kappa shape index (κ2) is 6.99. The Kier molecular flexibility index (Phi) is 4.52. The number of carbonyl (C=O) groups excluding carboxylic acids is 4. The number of likely N-dealkylation sites (tertiary alicyclic amines) is 1. The highest BCUT2D eigenvalue weighted by atomic mass is 16.2. The molecule has 1 aromatic carbocycles. The van der Waals surface area contributed by atoms with Crippen molar-refractivity contribution in [1.29, 1.82) is 0 Å². The van der Waals surface area contributed by atoms with Gasteiger partial charge in [0.15, 0.2) is 0 Å². The zero-order valence-electron chi connectivity index (χ0n) is 16.9. The van der Waals surface area contributed by atoms with Gasteiger partial charge in [-0.05, 0) is 36.8 Å². The molecule has 4 aliphatic rings. The molecule has 8 heteroatoms. The standard InChI is InChI=1S/C22H26N4O4/c23-22-9-2-1-5-14(22)11-25(12-22)10-13-4-3-6-15-18(13)21(30)26(20(15)29)16-7-8-17(27)24-19(16)28/h3-4,6,14,16H,1-2,5,7-12,23H2,(H,24,27,28)/t14-,16?,22-/m1/s1. The van der Waals surface area contributed by atoms with Crippen molar-refractivity contribution in [2.24, 2.45) is 11.7 Å². The predicted octanol–water partition coefficient (Wildman–Crippen LogP) is 0.791. The second-order valence-electron chi connectivity index (χ2n) is 9.13. The predicted molar refractivity (Wildman–Crippen MR) is 107 cm³/mol. The first-order chi connectivity index (χ1) is 14.4. The van der Waals surface area contributed by atoms with Crippen LogP contribution in [0.1, 0.15) is 64.8 Å². The number of carbonyl (C=O) groups is 4. The summed E-state index contributed by atoms with van der Waals surface area (Å²) in [5.41, 5.74) is 8.03. The molecule has 1 aromatic rings. The highest BCUT2D eigenvalue weighted by molar-refractivity contribution is 6.24. The van der Waals surface area contributed by atoms with Crippen LogP contribution in [0.4, 0.5) is 0 Å². The smallest absolute Gasteiger partial charge is 0.262 e. The van der Waals surface area contributed by atoms with E-state index in [2.05, 4.69) is 10.2 Å². The first-order valence-corrected chi connectivity index (χ1v) is 10.7. The Hall–Kier alpha value is -2.58. The molecule has 2 saturated heterocycles. The molecule has 1 aliphatic carbocycles. The van der Waals surface area contributed by atoms with Crippen molar-refractivity contribution in [3.63, 3.8) is 0 Å². The molecule has 0 aromatic heterocycles. The van der Waals surface area contributed by atoms with Crippen LogP contribution in [-0.4, -0.2) is 58.1 Å². The number of nitrogens with zero attached hydrogens (tertiary/aromatic N) is 2. The number of imide groups is 2. The van der Waals surface area contributed by atoms with Crippen LogP contribution < -0.4 is 11.1 Å². The van der Waals surface area contributed by atoms with Crippen molar-refractivity contribution < 1.29 is 19.2 Å². The molecule has 8 nitrogen and oxygen atoms in total. The zero-order chi connectivity index (χ0) is 21.0. The number of hydrogen-bond acceptors (Lipinski definition) is 6. The Balaban J connectivity index is 1.40. The Morgan fingerprint density at radius 2 is 1.93 bits per heavy atom. The quantitative estimate of drug-likeness (QED) is 0.713. The Morgan fingerprint density at radius 1 is 1.10 bits per heavy atom. The van der Waals surface area contributed by atoms with Gasteiger partial charge in [-0.2, -0.15) is 0 Å². The van der Waals surface area contributed by atoms with Gasteiger partial charge in [-0.3, -0.25) is 34.3 Å². The van der Waals surface area contributed by atoms with E-state index in [1.165, 1.54) is 6.42 Å². The van der Waals surface area contributed by atoms with E-state index in [0.717, 1.165) is 42.8 Å². The van der Waals surface area contributed by atoms with Crippen molar-refractivity contribution in [3.05, 3.63) is 34.9 Å². The van der Waals surface area contributed by atoms with E-state index < -0.39 is 23.8 Å². The molecule has 4 amide bonds. The minimum atomic E-state index is -0.940. The maximum atomic E-state index is 13.2. The van der Waals surface area contributed by atoms with E-state index in [-0.39, 0.29) is 24.3 Å². The lowest BCUT2D eigenvalue weighted by molar-refractivity contribution is -0.136. The van der Waals surface area contributed by atoms with E-state index >= 15 is 0 Å². The van der Waals surface area contributed by atoms with Crippen LogP contribution >= 0.6 is 0 Å². The molecule has 158 valence electrons. The number of nitrogens with two attached hydrogens (primary N) is 1. The van der Waals surface area contributed by atoms with Gasteiger partial charge in [0.25, 0.3) is 11.8 Å². The normalized spacial score (nSPS) is 31.7. The maximum Gasteiger partial charge on any atom is 0.262 e. The third-order valence-electron chi connectivity index (χ3n) is 7.20. The van der Waals surface area contributed by atoms with Crippen molar-refractivity contribution in [2.75, 3.05) is 13.1 Å². The summed E-state index contributed by atoms with van der Waals surface area (Å²) in [6, 6.07) is 4.36. The fraction of sp³-hybridized carbons (Fsp3) is 0.545.